The summed E-state index contributed by atoms with van der Waals surface area (Å²) in [5, 5.41) is 5.92. The van der Waals surface area contributed by atoms with E-state index in [0.29, 0.717) is 37.7 Å². The summed E-state index contributed by atoms with van der Waals surface area (Å²) in [6.07, 6.45) is 0.938. The van der Waals surface area contributed by atoms with Crippen molar-refractivity contribution in [2.24, 2.45) is 0 Å². The SMILES string of the molecule is C[C@@H]1CO[C@@H](C)CN1C(=O)CCc1nc(-c2cccs2)no1. The number of hydrogen-bond acceptors (Lipinski definition) is 6. The molecule has 0 unspecified atom stereocenters. The zero-order chi connectivity index (χ0) is 15.5. The number of carbonyl (C=O) groups is 1. The quantitative estimate of drug-likeness (QED) is 0.865. The molecule has 1 aliphatic heterocycles. The predicted molar refractivity (Wildman–Crippen MR) is 82.5 cm³/mol. The van der Waals surface area contributed by atoms with E-state index in [0.717, 1.165) is 4.88 Å². The number of thiophene rings is 1. The molecule has 1 saturated heterocycles. The third-order valence-corrected chi connectivity index (χ3v) is 4.56. The van der Waals surface area contributed by atoms with E-state index in [1.807, 2.05) is 36.3 Å². The van der Waals surface area contributed by atoms with Crippen molar-refractivity contribution < 1.29 is 14.1 Å². The van der Waals surface area contributed by atoms with Gasteiger partial charge in [0.2, 0.25) is 17.6 Å². The van der Waals surface area contributed by atoms with Crippen LogP contribution >= 0.6 is 11.3 Å². The molecule has 1 aliphatic rings. The lowest BCUT2D eigenvalue weighted by atomic mass is 10.1. The Bertz CT molecular complexity index is 626. The summed E-state index contributed by atoms with van der Waals surface area (Å²) in [5.41, 5.74) is 0. The zero-order valence-corrected chi connectivity index (χ0v) is 13.5. The molecular formula is C15H19N3O3S. The van der Waals surface area contributed by atoms with Gasteiger partial charge < -0.3 is 14.2 Å². The summed E-state index contributed by atoms with van der Waals surface area (Å²) in [4.78, 5) is 19.5. The molecule has 6 nitrogen and oxygen atoms in total. The van der Waals surface area contributed by atoms with Crippen molar-refractivity contribution in [3.63, 3.8) is 0 Å². The van der Waals surface area contributed by atoms with E-state index in [1.165, 1.54) is 0 Å². The van der Waals surface area contributed by atoms with Gasteiger partial charge in [-0.3, -0.25) is 4.79 Å². The van der Waals surface area contributed by atoms with E-state index >= 15 is 0 Å². The van der Waals surface area contributed by atoms with Gasteiger partial charge in [0.15, 0.2) is 0 Å². The van der Waals surface area contributed by atoms with Gasteiger partial charge in [0.05, 0.1) is 23.6 Å². The number of ether oxygens (including phenoxy) is 1. The molecule has 3 rings (SSSR count). The summed E-state index contributed by atoms with van der Waals surface area (Å²) in [6.45, 7) is 5.23. The van der Waals surface area contributed by atoms with Gasteiger partial charge in [-0.05, 0) is 25.3 Å². The first-order valence-electron chi connectivity index (χ1n) is 7.41. The van der Waals surface area contributed by atoms with E-state index < -0.39 is 0 Å². The van der Waals surface area contributed by atoms with Gasteiger partial charge in [-0.1, -0.05) is 11.2 Å². The first-order chi connectivity index (χ1) is 10.6. The van der Waals surface area contributed by atoms with E-state index in [9.17, 15) is 4.79 Å². The second kappa shape index (κ2) is 6.58. The molecule has 1 amide bonds. The highest BCUT2D eigenvalue weighted by molar-refractivity contribution is 7.13. The lowest BCUT2D eigenvalue weighted by Crippen LogP contribution is -2.50. The number of amides is 1. The number of rotatable bonds is 4. The molecule has 0 bridgehead atoms. The van der Waals surface area contributed by atoms with Crippen LogP contribution in [0.4, 0.5) is 0 Å². The highest BCUT2D eigenvalue weighted by Crippen LogP contribution is 2.21. The summed E-state index contributed by atoms with van der Waals surface area (Å²) in [5.74, 6) is 1.20. The van der Waals surface area contributed by atoms with Crippen LogP contribution in [-0.4, -0.2) is 46.2 Å². The first-order valence-corrected chi connectivity index (χ1v) is 8.29. The first kappa shape index (κ1) is 15.2. The van der Waals surface area contributed by atoms with E-state index in [-0.39, 0.29) is 18.1 Å². The van der Waals surface area contributed by atoms with E-state index in [4.69, 9.17) is 9.26 Å². The minimum absolute atomic E-state index is 0.0917. The number of nitrogens with zero attached hydrogens (tertiary/aromatic N) is 3. The van der Waals surface area contributed by atoms with Crippen LogP contribution in [0.2, 0.25) is 0 Å². The van der Waals surface area contributed by atoms with Crippen LogP contribution in [0.15, 0.2) is 22.0 Å². The smallest absolute Gasteiger partial charge is 0.227 e. The summed E-state index contributed by atoms with van der Waals surface area (Å²) in [7, 11) is 0. The third kappa shape index (κ3) is 3.36. The Morgan fingerprint density at radius 3 is 3.14 bits per heavy atom. The predicted octanol–water partition coefficient (Wildman–Crippen LogP) is 2.37. The summed E-state index contributed by atoms with van der Waals surface area (Å²) < 4.78 is 10.8. The molecule has 0 aromatic carbocycles. The molecule has 7 heteroatoms. The van der Waals surface area contributed by atoms with E-state index in [1.54, 1.807) is 11.3 Å². The lowest BCUT2D eigenvalue weighted by Gasteiger charge is -2.36. The number of morpholine rings is 1. The van der Waals surface area contributed by atoms with Crippen LogP contribution in [0.5, 0.6) is 0 Å². The standard InChI is InChI=1S/C15H19N3O3S/c1-10-9-20-11(2)8-18(10)14(19)6-5-13-16-15(17-21-13)12-4-3-7-22-12/h3-4,7,10-11H,5-6,8-9H2,1-2H3/t10-,11+/m1/s1. The van der Waals surface area contributed by atoms with Crippen LogP contribution in [0.25, 0.3) is 10.7 Å². The second-order valence-electron chi connectivity index (χ2n) is 5.53. The van der Waals surface area contributed by atoms with Gasteiger partial charge in [0.25, 0.3) is 0 Å². The van der Waals surface area contributed by atoms with Crippen LogP contribution in [0.1, 0.15) is 26.2 Å². The molecule has 118 valence electrons. The number of hydrogen-bond donors (Lipinski definition) is 0. The monoisotopic (exact) mass is 321 g/mol. The van der Waals surface area contributed by atoms with Gasteiger partial charge in [-0.25, -0.2) is 0 Å². The van der Waals surface area contributed by atoms with Crippen molar-refractivity contribution in [3.8, 4) is 10.7 Å². The molecule has 3 heterocycles. The van der Waals surface area contributed by atoms with Crippen molar-refractivity contribution in [1.29, 1.82) is 0 Å². The van der Waals surface area contributed by atoms with Crippen molar-refractivity contribution in [3.05, 3.63) is 23.4 Å². The topological polar surface area (TPSA) is 68.5 Å². The minimum atomic E-state index is 0.0917. The fraction of sp³-hybridized carbons (Fsp3) is 0.533. The Morgan fingerprint density at radius 1 is 1.50 bits per heavy atom. The molecule has 0 radical (unpaired) electrons. The molecule has 0 saturated carbocycles. The van der Waals surface area contributed by atoms with Crippen molar-refractivity contribution in [1.82, 2.24) is 15.0 Å². The van der Waals surface area contributed by atoms with Gasteiger partial charge in [0.1, 0.15) is 0 Å². The fourth-order valence-corrected chi connectivity index (χ4v) is 3.12. The molecule has 0 aliphatic carbocycles. The zero-order valence-electron chi connectivity index (χ0n) is 12.7. The highest BCUT2D eigenvalue weighted by atomic mass is 32.1. The molecule has 0 spiro atoms. The lowest BCUT2D eigenvalue weighted by molar-refractivity contribution is -0.143. The Kier molecular flexibility index (Phi) is 4.54. The highest BCUT2D eigenvalue weighted by Gasteiger charge is 2.27. The Hall–Kier alpha value is -1.73. The molecule has 2 aromatic heterocycles. The maximum Gasteiger partial charge on any atom is 0.227 e. The van der Waals surface area contributed by atoms with Crippen molar-refractivity contribution in [2.45, 2.75) is 38.8 Å². The van der Waals surface area contributed by atoms with Crippen LogP contribution in [-0.2, 0) is 16.0 Å². The average Bonchev–Trinajstić information content (AvgIpc) is 3.17. The molecule has 2 atom stereocenters. The van der Waals surface area contributed by atoms with Crippen molar-refractivity contribution >= 4 is 17.2 Å². The van der Waals surface area contributed by atoms with Gasteiger partial charge >= 0.3 is 0 Å². The molecule has 1 fully saturated rings. The van der Waals surface area contributed by atoms with Gasteiger partial charge in [-0.15, -0.1) is 11.3 Å². The van der Waals surface area contributed by atoms with Crippen LogP contribution in [0, 0.1) is 0 Å². The molecular weight excluding hydrogens is 302 g/mol. The fourth-order valence-electron chi connectivity index (χ4n) is 2.47. The van der Waals surface area contributed by atoms with Crippen LogP contribution in [0.3, 0.4) is 0 Å². The summed E-state index contributed by atoms with van der Waals surface area (Å²) >= 11 is 1.56. The maximum atomic E-state index is 12.3. The number of aromatic nitrogens is 2. The normalized spacial score (nSPS) is 22.0. The van der Waals surface area contributed by atoms with Gasteiger partial charge in [-0.2, -0.15) is 4.98 Å². The van der Waals surface area contributed by atoms with Crippen molar-refractivity contribution in [2.75, 3.05) is 13.2 Å². The number of aryl methyl sites for hydroxylation is 1. The third-order valence-electron chi connectivity index (χ3n) is 3.69. The molecule has 2 aromatic rings. The minimum Gasteiger partial charge on any atom is -0.375 e. The molecule has 22 heavy (non-hydrogen) atoms. The Morgan fingerprint density at radius 2 is 2.36 bits per heavy atom. The van der Waals surface area contributed by atoms with E-state index in [2.05, 4.69) is 10.1 Å². The summed E-state index contributed by atoms with van der Waals surface area (Å²) in [6, 6.07) is 4.01. The maximum absolute atomic E-state index is 12.3. The molecule has 0 N–H and O–H groups in total. The average molecular weight is 321 g/mol. The Labute approximate surface area is 133 Å². The largest absolute Gasteiger partial charge is 0.375 e. The Balaban J connectivity index is 1.57. The van der Waals surface area contributed by atoms with Crippen LogP contribution < -0.4 is 0 Å². The number of carbonyl (C=O) groups excluding carboxylic acids is 1. The second-order valence-corrected chi connectivity index (χ2v) is 6.48. The van der Waals surface area contributed by atoms with Gasteiger partial charge in [0, 0.05) is 19.4 Å².